The number of hydrogen-bond acceptors (Lipinski definition) is 2. The molecule has 0 atom stereocenters. The molecule has 1 aliphatic carbocycles. The predicted octanol–water partition coefficient (Wildman–Crippen LogP) is 3.03. The van der Waals surface area contributed by atoms with Crippen LogP contribution >= 0.6 is 11.6 Å². The summed E-state index contributed by atoms with van der Waals surface area (Å²) in [5, 5.41) is 9.67. The first kappa shape index (κ1) is 14.4. The van der Waals surface area contributed by atoms with Gasteiger partial charge in [0.15, 0.2) is 0 Å². The Morgan fingerprint density at radius 1 is 1.42 bits per heavy atom. The average Bonchev–Trinajstić information content (AvgIpc) is 2.89. The lowest BCUT2D eigenvalue weighted by molar-refractivity contribution is 0.0638. The van der Waals surface area contributed by atoms with Crippen molar-refractivity contribution >= 4 is 17.5 Å². The Bertz CT molecular complexity index is 455. The van der Waals surface area contributed by atoms with Crippen LogP contribution in [0.2, 0.25) is 5.02 Å². The van der Waals surface area contributed by atoms with E-state index in [1.165, 1.54) is 0 Å². The van der Waals surface area contributed by atoms with E-state index in [-0.39, 0.29) is 18.6 Å². The summed E-state index contributed by atoms with van der Waals surface area (Å²) in [4.78, 5) is 14.4. The van der Waals surface area contributed by atoms with Crippen molar-refractivity contribution in [3.63, 3.8) is 0 Å². The van der Waals surface area contributed by atoms with Gasteiger partial charge in [0.1, 0.15) is 0 Å². The zero-order valence-corrected chi connectivity index (χ0v) is 12.0. The van der Waals surface area contributed by atoms with Crippen LogP contribution in [-0.4, -0.2) is 35.1 Å². The van der Waals surface area contributed by atoms with Gasteiger partial charge < -0.3 is 10.0 Å². The largest absolute Gasteiger partial charge is 0.395 e. The van der Waals surface area contributed by atoms with Crippen molar-refractivity contribution in [1.82, 2.24) is 4.90 Å². The zero-order valence-electron chi connectivity index (χ0n) is 11.2. The molecule has 1 aliphatic rings. The molecule has 0 heterocycles. The molecule has 0 saturated heterocycles. The van der Waals surface area contributed by atoms with Gasteiger partial charge in [0.25, 0.3) is 5.91 Å². The summed E-state index contributed by atoms with van der Waals surface area (Å²) in [6.45, 7) is 2.32. The predicted molar refractivity (Wildman–Crippen MR) is 76.6 cm³/mol. The number of hydrogen-bond donors (Lipinski definition) is 1. The van der Waals surface area contributed by atoms with Gasteiger partial charge in [-0.15, -0.1) is 0 Å². The monoisotopic (exact) mass is 281 g/mol. The first-order valence-corrected chi connectivity index (χ1v) is 7.19. The van der Waals surface area contributed by atoms with Crippen LogP contribution < -0.4 is 0 Å². The Morgan fingerprint density at radius 2 is 2.11 bits per heavy atom. The highest BCUT2D eigenvalue weighted by molar-refractivity contribution is 6.33. The molecule has 3 nitrogen and oxygen atoms in total. The van der Waals surface area contributed by atoms with Gasteiger partial charge in [0.2, 0.25) is 0 Å². The van der Waals surface area contributed by atoms with Crippen molar-refractivity contribution in [2.24, 2.45) is 0 Å². The Kier molecular flexibility index (Phi) is 4.83. The number of aryl methyl sites for hydroxylation is 1. The van der Waals surface area contributed by atoms with Crippen LogP contribution in [-0.2, 0) is 0 Å². The number of halogens is 1. The third-order valence-electron chi connectivity index (χ3n) is 3.72. The van der Waals surface area contributed by atoms with Gasteiger partial charge in [0.05, 0.1) is 17.2 Å². The van der Waals surface area contributed by atoms with Crippen molar-refractivity contribution in [2.75, 3.05) is 13.2 Å². The smallest absolute Gasteiger partial charge is 0.255 e. The van der Waals surface area contributed by atoms with Gasteiger partial charge in [-0.1, -0.05) is 30.5 Å². The Labute approximate surface area is 119 Å². The van der Waals surface area contributed by atoms with Crippen molar-refractivity contribution in [3.05, 3.63) is 34.3 Å². The van der Waals surface area contributed by atoms with Crippen LogP contribution in [0.25, 0.3) is 0 Å². The van der Waals surface area contributed by atoms with E-state index in [9.17, 15) is 9.90 Å². The molecule has 1 saturated carbocycles. The molecule has 104 valence electrons. The molecule has 0 unspecified atom stereocenters. The summed E-state index contributed by atoms with van der Waals surface area (Å²) in [6.07, 6.45) is 4.35. The molecule has 0 aliphatic heterocycles. The molecule has 1 fully saturated rings. The van der Waals surface area contributed by atoms with E-state index in [1.807, 2.05) is 13.0 Å². The summed E-state index contributed by atoms with van der Waals surface area (Å²) in [5.41, 5.74) is 1.57. The summed E-state index contributed by atoms with van der Waals surface area (Å²) < 4.78 is 0. The number of benzene rings is 1. The second kappa shape index (κ2) is 6.40. The first-order valence-electron chi connectivity index (χ1n) is 6.81. The van der Waals surface area contributed by atoms with Crippen molar-refractivity contribution in [1.29, 1.82) is 0 Å². The fraction of sp³-hybridized carbons (Fsp3) is 0.533. The number of aliphatic hydroxyl groups excluding tert-OH is 1. The normalized spacial score (nSPS) is 15.7. The molecule has 1 N–H and O–H groups in total. The third kappa shape index (κ3) is 3.28. The lowest BCUT2D eigenvalue weighted by Gasteiger charge is -2.28. The topological polar surface area (TPSA) is 40.5 Å². The standard InChI is InChI=1S/C15H20ClNO2/c1-11-6-7-13(14(16)10-11)15(19)17(8-9-18)12-4-2-3-5-12/h6-7,10,12,18H,2-5,8-9H2,1H3. The number of carbonyl (C=O) groups excluding carboxylic acids is 1. The van der Waals surface area contributed by atoms with Crippen LogP contribution in [0, 0.1) is 6.92 Å². The SMILES string of the molecule is Cc1ccc(C(=O)N(CCO)C2CCCC2)c(Cl)c1. The zero-order chi connectivity index (χ0) is 13.8. The van der Waals surface area contributed by atoms with E-state index < -0.39 is 0 Å². The second-order valence-electron chi connectivity index (χ2n) is 5.14. The fourth-order valence-electron chi connectivity index (χ4n) is 2.72. The van der Waals surface area contributed by atoms with Crippen LogP contribution in [0.3, 0.4) is 0 Å². The van der Waals surface area contributed by atoms with Crippen LogP contribution in [0.5, 0.6) is 0 Å². The lowest BCUT2D eigenvalue weighted by Crippen LogP contribution is -2.40. The molecular weight excluding hydrogens is 262 g/mol. The van der Waals surface area contributed by atoms with Crippen molar-refractivity contribution in [2.45, 2.75) is 38.6 Å². The van der Waals surface area contributed by atoms with Gasteiger partial charge in [-0.05, 0) is 37.5 Å². The molecule has 19 heavy (non-hydrogen) atoms. The minimum absolute atomic E-state index is 0.00821. The molecule has 0 spiro atoms. The molecule has 2 rings (SSSR count). The van der Waals surface area contributed by atoms with E-state index in [2.05, 4.69) is 0 Å². The molecule has 1 aromatic rings. The first-order chi connectivity index (χ1) is 9.13. The van der Waals surface area contributed by atoms with E-state index in [1.54, 1.807) is 17.0 Å². The van der Waals surface area contributed by atoms with E-state index in [4.69, 9.17) is 11.6 Å². The summed E-state index contributed by atoms with van der Waals surface area (Å²) in [6, 6.07) is 5.72. The molecule has 1 amide bonds. The number of amides is 1. The van der Waals surface area contributed by atoms with Crippen LogP contribution in [0.4, 0.5) is 0 Å². The maximum Gasteiger partial charge on any atom is 0.255 e. The average molecular weight is 282 g/mol. The third-order valence-corrected chi connectivity index (χ3v) is 4.03. The van der Waals surface area contributed by atoms with Crippen molar-refractivity contribution < 1.29 is 9.90 Å². The van der Waals surface area contributed by atoms with E-state index in [0.29, 0.717) is 17.1 Å². The minimum atomic E-state index is -0.0639. The summed E-state index contributed by atoms with van der Waals surface area (Å²) in [5.74, 6) is -0.0639. The maximum atomic E-state index is 12.6. The maximum absolute atomic E-state index is 12.6. The summed E-state index contributed by atoms with van der Waals surface area (Å²) >= 11 is 6.17. The van der Waals surface area contributed by atoms with Gasteiger partial charge in [-0.3, -0.25) is 4.79 Å². The number of nitrogens with zero attached hydrogens (tertiary/aromatic N) is 1. The Morgan fingerprint density at radius 3 is 2.68 bits per heavy atom. The molecule has 0 radical (unpaired) electrons. The molecule has 1 aromatic carbocycles. The van der Waals surface area contributed by atoms with Crippen LogP contribution in [0.1, 0.15) is 41.6 Å². The molecule has 4 heteroatoms. The van der Waals surface area contributed by atoms with Gasteiger partial charge >= 0.3 is 0 Å². The summed E-state index contributed by atoms with van der Waals surface area (Å²) in [7, 11) is 0. The van der Waals surface area contributed by atoms with E-state index >= 15 is 0 Å². The van der Waals surface area contributed by atoms with Gasteiger partial charge in [-0.2, -0.15) is 0 Å². The molecule has 0 bridgehead atoms. The Balaban J connectivity index is 2.22. The highest BCUT2D eigenvalue weighted by Gasteiger charge is 2.27. The quantitative estimate of drug-likeness (QED) is 0.922. The highest BCUT2D eigenvalue weighted by Crippen LogP contribution is 2.27. The highest BCUT2D eigenvalue weighted by atomic mass is 35.5. The number of rotatable bonds is 4. The molecule has 0 aromatic heterocycles. The van der Waals surface area contributed by atoms with Crippen molar-refractivity contribution in [3.8, 4) is 0 Å². The van der Waals surface area contributed by atoms with Gasteiger partial charge in [-0.25, -0.2) is 0 Å². The second-order valence-corrected chi connectivity index (χ2v) is 5.55. The number of carbonyl (C=O) groups is 1. The fourth-order valence-corrected chi connectivity index (χ4v) is 3.04. The Hall–Kier alpha value is -1.06. The lowest BCUT2D eigenvalue weighted by atomic mass is 10.1. The molecular formula is C15H20ClNO2. The van der Waals surface area contributed by atoms with Gasteiger partial charge in [0, 0.05) is 12.6 Å². The number of aliphatic hydroxyl groups is 1. The van der Waals surface area contributed by atoms with E-state index in [0.717, 1.165) is 31.2 Å². The minimum Gasteiger partial charge on any atom is -0.395 e. The van der Waals surface area contributed by atoms with Crippen LogP contribution in [0.15, 0.2) is 18.2 Å².